The molecule has 0 heterocycles. The van der Waals surface area contributed by atoms with Crippen molar-refractivity contribution in [2.45, 2.75) is 18.9 Å². The molecule has 1 unspecified atom stereocenters. The van der Waals surface area contributed by atoms with Crippen molar-refractivity contribution >= 4 is 18.1 Å². The van der Waals surface area contributed by atoms with Crippen molar-refractivity contribution in [3.63, 3.8) is 0 Å². The average molecular weight is 304 g/mol. The van der Waals surface area contributed by atoms with E-state index in [2.05, 4.69) is 11.9 Å². The Labute approximate surface area is 129 Å². The molecule has 0 spiro atoms. The summed E-state index contributed by atoms with van der Waals surface area (Å²) in [5, 5.41) is 11.9. The van der Waals surface area contributed by atoms with Gasteiger partial charge in [0.2, 0.25) is 5.91 Å². The Morgan fingerprint density at radius 3 is 2.68 bits per heavy atom. The number of benzene rings is 1. The minimum Gasteiger partial charge on any atom is -0.508 e. The Bertz CT molecular complexity index is 584. The van der Waals surface area contributed by atoms with Gasteiger partial charge in [0.15, 0.2) is 6.29 Å². The van der Waals surface area contributed by atoms with Gasteiger partial charge in [-0.2, -0.15) is 0 Å². The van der Waals surface area contributed by atoms with E-state index in [4.69, 9.17) is 0 Å². The molecule has 2 amide bonds. The van der Waals surface area contributed by atoms with Crippen LogP contribution in [0.4, 0.5) is 0 Å². The molecule has 6 nitrogen and oxygen atoms in total. The first-order chi connectivity index (χ1) is 10.5. The molecule has 2 N–H and O–H groups in total. The zero-order valence-electron chi connectivity index (χ0n) is 12.7. The highest BCUT2D eigenvalue weighted by molar-refractivity contribution is 6.03. The first-order valence-electron chi connectivity index (χ1n) is 6.84. The number of nitrogens with one attached hydrogen (secondary N) is 1. The van der Waals surface area contributed by atoms with Gasteiger partial charge >= 0.3 is 0 Å². The number of carbonyl (C=O) groups excluding carboxylic acids is 3. The van der Waals surface area contributed by atoms with E-state index in [1.807, 2.05) is 0 Å². The van der Waals surface area contributed by atoms with Crippen LogP contribution in [0.1, 0.15) is 33.6 Å². The first-order valence-corrected chi connectivity index (χ1v) is 6.84. The number of allylic oxidation sites excluding steroid dienone is 1. The molecule has 0 aliphatic rings. The number of amides is 2. The SMILES string of the molecule is C=CCCC(C(=O)NC)N(C)C(=O)c1ccc(O)cc1C=O. The Morgan fingerprint density at radius 2 is 2.14 bits per heavy atom. The number of phenols is 1. The van der Waals surface area contributed by atoms with Gasteiger partial charge in [-0.25, -0.2) is 0 Å². The van der Waals surface area contributed by atoms with Gasteiger partial charge in [0, 0.05) is 19.7 Å². The third kappa shape index (κ3) is 3.94. The maximum atomic E-state index is 12.5. The highest BCUT2D eigenvalue weighted by Gasteiger charge is 2.27. The van der Waals surface area contributed by atoms with Gasteiger partial charge in [-0.15, -0.1) is 6.58 Å². The summed E-state index contributed by atoms with van der Waals surface area (Å²) >= 11 is 0. The maximum Gasteiger partial charge on any atom is 0.255 e. The van der Waals surface area contributed by atoms with Crippen molar-refractivity contribution < 1.29 is 19.5 Å². The third-order valence-corrected chi connectivity index (χ3v) is 3.37. The first kappa shape index (κ1) is 17.4. The van der Waals surface area contributed by atoms with Crippen LogP contribution in [0.25, 0.3) is 0 Å². The molecule has 118 valence electrons. The zero-order valence-corrected chi connectivity index (χ0v) is 12.7. The normalized spacial score (nSPS) is 11.4. The van der Waals surface area contributed by atoms with E-state index in [-0.39, 0.29) is 22.8 Å². The fourth-order valence-corrected chi connectivity index (χ4v) is 2.12. The molecule has 0 bridgehead atoms. The van der Waals surface area contributed by atoms with Crippen LogP contribution in [0.15, 0.2) is 30.9 Å². The standard InChI is InChI=1S/C16H20N2O4/c1-4-5-6-14(15(21)17-2)18(3)16(22)13-8-7-12(20)9-11(13)10-19/h4,7-10,14,20H,1,5-6H2,2-3H3,(H,17,21). The molecule has 1 aromatic carbocycles. The number of phenolic OH excluding ortho intramolecular Hbond substituents is 1. The van der Waals surface area contributed by atoms with Crippen LogP contribution in [-0.4, -0.2) is 48.2 Å². The quantitative estimate of drug-likeness (QED) is 0.588. The molecule has 0 aliphatic carbocycles. The largest absolute Gasteiger partial charge is 0.508 e. The predicted molar refractivity (Wildman–Crippen MR) is 82.9 cm³/mol. The Kier molecular flexibility index (Phi) is 6.31. The van der Waals surface area contributed by atoms with Gasteiger partial charge in [0.25, 0.3) is 5.91 Å². The maximum absolute atomic E-state index is 12.5. The molecule has 6 heteroatoms. The van der Waals surface area contributed by atoms with Crippen LogP contribution in [0.3, 0.4) is 0 Å². The molecule has 0 fully saturated rings. The molecule has 0 radical (unpaired) electrons. The number of likely N-dealkylation sites (N-methyl/N-ethyl adjacent to an activating group) is 2. The zero-order chi connectivity index (χ0) is 16.7. The van der Waals surface area contributed by atoms with E-state index in [0.29, 0.717) is 19.1 Å². The number of carbonyl (C=O) groups is 3. The summed E-state index contributed by atoms with van der Waals surface area (Å²) in [5.74, 6) is -0.847. The monoisotopic (exact) mass is 304 g/mol. The third-order valence-electron chi connectivity index (χ3n) is 3.37. The van der Waals surface area contributed by atoms with E-state index in [0.717, 1.165) is 0 Å². The Hall–Kier alpha value is -2.63. The van der Waals surface area contributed by atoms with Crippen LogP contribution >= 0.6 is 0 Å². The predicted octanol–water partition coefficient (Wildman–Crippen LogP) is 1.36. The fraction of sp³-hybridized carbons (Fsp3) is 0.312. The van der Waals surface area contributed by atoms with E-state index < -0.39 is 11.9 Å². The summed E-state index contributed by atoms with van der Waals surface area (Å²) in [6.07, 6.45) is 3.18. The number of hydrogen-bond donors (Lipinski definition) is 2. The molecule has 0 aromatic heterocycles. The van der Waals surface area contributed by atoms with Crippen molar-refractivity contribution in [1.82, 2.24) is 10.2 Å². The smallest absolute Gasteiger partial charge is 0.255 e. The minimum absolute atomic E-state index is 0.0798. The lowest BCUT2D eigenvalue weighted by Crippen LogP contribution is -2.46. The van der Waals surface area contributed by atoms with E-state index in [1.54, 1.807) is 6.08 Å². The molecule has 1 rings (SSSR count). The molecule has 0 aliphatic heterocycles. The summed E-state index contributed by atoms with van der Waals surface area (Å²) in [5.41, 5.74) is 0.221. The number of nitrogens with zero attached hydrogens (tertiary/aromatic N) is 1. The van der Waals surface area contributed by atoms with Gasteiger partial charge in [-0.3, -0.25) is 14.4 Å². The lowest BCUT2D eigenvalue weighted by atomic mass is 10.0. The van der Waals surface area contributed by atoms with Crippen LogP contribution in [0, 0.1) is 0 Å². The van der Waals surface area contributed by atoms with Gasteiger partial charge < -0.3 is 15.3 Å². The summed E-state index contributed by atoms with van der Waals surface area (Å²) in [6.45, 7) is 3.61. The van der Waals surface area contributed by atoms with Crippen LogP contribution in [-0.2, 0) is 4.79 Å². The second-order valence-corrected chi connectivity index (χ2v) is 4.80. The molecule has 1 aromatic rings. The van der Waals surface area contributed by atoms with Crippen molar-refractivity contribution in [3.8, 4) is 5.75 Å². The molecule has 0 saturated carbocycles. The second-order valence-electron chi connectivity index (χ2n) is 4.80. The minimum atomic E-state index is -0.663. The van der Waals surface area contributed by atoms with Crippen molar-refractivity contribution in [2.24, 2.45) is 0 Å². The summed E-state index contributed by atoms with van der Waals surface area (Å²) < 4.78 is 0. The second kappa shape index (κ2) is 7.97. The van der Waals surface area contributed by atoms with Crippen molar-refractivity contribution in [2.75, 3.05) is 14.1 Å². The Balaban J connectivity index is 3.10. The van der Waals surface area contributed by atoms with Gasteiger partial charge in [-0.1, -0.05) is 6.08 Å². The number of hydrogen-bond acceptors (Lipinski definition) is 4. The van der Waals surface area contributed by atoms with E-state index in [9.17, 15) is 19.5 Å². The van der Waals surface area contributed by atoms with Gasteiger partial charge in [0.1, 0.15) is 11.8 Å². The fourth-order valence-electron chi connectivity index (χ4n) is 2.12. The lowest BCUT2D eigenvalue weighted by Gasteiger charge is -2.27. The number of rotatable bonds is 7. The summed E-state index contributed by atoms with van der Waals surface area (Å²) in [4.78, 5) is 36.9. The van der Waals surface area contributed by atoms with E-state index in [1.165, 1.54) is 37.2 Å². The highest BCUT2D eigenvalue weighted by Crippen LogP contribution is 2.18. The number of aromatic hydroxyl groups is 1. The Morgan fingerprint density at radius 1 is 1.45 bits per heavy atom. The molecule has 0 saturated heterocycles. The summed E-state index contributed by atoms with van der Waals surface area (Å²) in [6, 6.07) is 3.25. The number of aldehydes is 1. The molecule has 22 heavy (non-hydrogen) atoms. The topological polar surface area (TPSA) is 86.7 Å². The van der Waals surface area contributed by atoms with Crippen LogP contribution in [0.2, 0.25) is 0 Å². The van der Waals surface area contributed by atoms with E-state index >= 15 is 0 Å². The molecule has 1 atom stereocenters. The molecular formula is C16H20N2O4. The van der Waals surface area contributed by atoms with Crippen molar-refractivity contribution in [1.29, 1.82) is 0 Å². The van der Waals surface area contributed by atoms with Crippen LogP contribution < -0.4 is 5.32 Å². The lowest BCUT2D eigenvalue weighted by molar-refractivity contribution is -0.125. The van der Waals surface area contributed by atoms with Gasteiger partial charge in [0.05, 0.1) is 5.56 Å². The van der Waals surface area contributed by atoms with Gasteiger partial charge in [-0.05, 0) is 31.0 Å². The van der Waals surface area contributed by atoms with Crippen LogP contribution in [0.5, 0.6) is 5.75 Å². The average Bonchev–Trinajstić information content (AvgIpc) is 2.53. The van der Waals surface area contributed by atoms with Crippen molar-refractivity contribution in [3.05, 3.63) is 42.0 Å². The highest BCUT2D eigenvalue weighted by atomic mass is 16.3. The molecular weight excluding hydrogens is 284 g/mol. The summed E-state index contributed by atoms with van der Waals surface area (Å²) in [7, 11) is 3.01.